The Morgan fingerprint density at radius 3 is 2.72 bits per heavy atom. The van der Waals surface area contributed by atoms with Gasteiger partial charge in [0, 0.05) is 40.5 Å². The van der Waals surface area contributed by atoms with Crippen molar-refractivity contribution < 1.29 is 18.3 Å². The number of aromatic nitrogens is 3. The first kappa shape index (κ1) is 19.9. The van der Waals surface area contributed by atoms with Gasteiger partial charge < -0.3 is 10.0 Å². The summed E-state index contributed by atoms with van der Waals surface area (Å²) >= 11 is 1.66. The average Bonchev–Trinajstić information content (AvgIpc) is 2.68. The zero-order valence-electron chi connectivity index (χ0n) is 15.6. The van der Waals surface area contributed by atoms with Crippen LogP contribution in [0.3, 0.4) is 0 Å². The van der Waals surface area contributed by atoms with Gasteiger partial charge in [0.1, 0.15) is 16.5 Å². The first-order valence-electron chi connectivity index (χ1n) is 9.19. The van der Waals surface area contributed by atoms with Gasteiger partial charge in [-0.15, -0.1) is 10.2 Å². The molecule has 1 fully saturated rings. The number of likely N-dealkylation sites (tertiary alicyclic amines) is 1. The summed E-state index contributed by atoms with van der Waals surface area (Å²) in [5, 5.41) is 21.4. The molecule has 4 rings (SSSR count). The Kier molecular flexibility index (Phi) is 5.35. The summed E-state index contributed by atoms with van der Waals surface area (Å²) < 4.78 is 38.7. The molecule has 0 saturated carbocycles. The standard InChI is InChI=1S/C20H19F3N4OS/c1-27-8-2-3-13(11-27)29-19-14-6-7-24-10-16(14)18(25-26-19)15-5-4-12(9-17(15)28)20(21,22)23/h4-7,9-10,13,28H,2-3,8,11H2,1H3/t13-/m1/s1. The number of piperidine rings is 1. The highest BCUT2D eigenvalue weighted by molar-refractivity contribution is 8.00. The van der Waals surface area contributed by atoms with E-state index in [2.05, 4.69) is 27.1 Å². The molecule has 0 aliphatic carbocycles. The van der Waals surface area contributed by atoms with Crippen LogP contribution in [0.2, 0.25) is 0 Å². The van der Waals surface area contributed by atoms with Crippen LogP contribution in [0.25, 0.3) is 22.0 Å². The lowest BCUT2D eigenvalue weighted by Gasteiger charge is -2.29. The highest BCUT2D eigenvalue weighted by Crippen LogP contribution is 2.39. The molecule has 1 saturated heterocycles. The van der Waals surface area contributed by atoms with Gasteiger partial charge in [-0.25, -0.2) is 0 Å². The molecule has 9 heteroatoms. The summed E-state index contributed by atoms with van der Waals surface area (Å²) in [5.41, 5.74) is -0.412. The predicted molar refractivity (Wildman–Crippen MR) is 106 cm³/mol. The summed E-state index contributed by atoms with van der Waals surface area (Å²) in [6.07, 6.45) is 0.938. The predicted octanol–water partition coefficient (Wildman–Crippen LogP) is 4.60. The summed E-state index contributed by atoms with van der Waals surface area (Å²) in [6.45, 7) is 2.04. The van der Waals surface area contributed by atoms with Crippen molar-refractivity contribution >= 4 is 22.5 Å². The van der Waals surface area contributed by atoms with Crippen LogP contribution in [0.15, 0.2) is 41.7 Å². The minimum atomic E-state index is -4.53. The molecule has 0 bridgehead atoms. The van der Waals surface area contributed by atoms with Crippen molar-refractivity contribution in [2.45, 2.75) is 29.3 Å². The maximum absolute atomic E-state index is 12.9. The number of pyridine rings is 1. The third-order valence-electron chi connectivity index (χ3n) is 4.99. The zero-order chi connectivity index (χ0) is 20.6. The molecular formula is C20H19F3N4OS. The molecule has 0 spiro atoms. The van der Waals surface area contributed by atoms with Gasteiger partial charge in [-0.05, 0) is 50.7 Å². The topological polar surface area (TPSA) is 62.1 Å². The van der Waals surface area contributed by atoms with E-state index in [9.17, 15) is 18.3 Å². The fourth-order valence-corrected chi connectivity index (χ4v) is 4.86. The molecule has 1 aromatic carbocycles. The van der Waals surface area contributed by atoms with Crippen LogP contribution in [0.1, 0.15) is 18.4 Å². The fraction of sp³-hybridized carbons (Fsp3) is 0.350. The normalized spacial score (nSPS) is 18.3. The second-order valence-electron chi connectivity index (χ2n) is 7.15. The number of hydrogen-bond acceptors (Lipinski definition) is 6. The Morgan fingerprint density at radius 2 is 2.00 bits per heavy atom. The molecular weight excluding hydrogens is 401 g/mol. The molecule has 2 aromatic heterocycles. The van der Waals surface area contributed by atoms with E-state index in [-0.39, 0.29) is 5.56 Å². The first-order valence-corrected chi connectivity index (χ1v) is 10.1. The van der Waals surface area contributed by atoms with Crippen molar-refractivity contribution in [3.05, 3.63) is 42.2 Å². The lowest BCUT2D eigenvalue weighted by molar-refractivity contribution is -0.137. The quantitative estimate of drug-likeness (QED) is 0.668. The molecule has 152 valence electrons. The molecule has 3 heterocycles. The second-order valence-corrected chi connectivity index (χ2v) is 8.44. The molecule has 0 radical (unpaired) electrons. The van der Waals surface area contributed by atoms with Crippen LogP contribution in [-0.4, -0.2) is 50.6 Å². The molecule has 3 aromatic rings. The lowest BCUT2D eigenvalue weighted by Crippen LogP contribution is -2.33. The van der Waals surface area contributed by atoms with Gasteiger partial charge in [-0.2, -0.15) is 13.2 Å². The van der Waals surface area contributed by atoms with Gasteiger partial charge in [0.25, 0.3) is 0 Å². The molecule has 5 nitrogen and oxygen atoms in total. The molecule has 0 unspecified atom stereocenters. The van der Waals surface area contributed by atoms with Crippen LogP contribution in [0.5, 0.6) is 5.75 Å². The van der Waals surface area contributed by atoms with E-state index in [1.807, 2.05) is 6.07 Å². The number of halogens is 3. The Bertz CT molecular complexity index is 1040. The van der Waals surface area contributed by atoms with Crippen LogP contribution in [-0.2, 0) is 6.18 Å². The number of rotatable bonds is 3. The van der Waals surface area contributed by atoms with Gasteiger partial charge in [0.05, 0.1) is 5.56 Å². The van der Waals surface area contributed by atoms with E-state index in [1.165, 1.54) is 6.07 Å². The highest BCUT2D eigenvalue weighted by atomic mass is 32.2. The lowest BCUT2D eigenvalue weighted by atomic mass is 10.0. The Hall–Kier alpha value is -2.39. The minimum Gasteiger partial charge on any atom is -0.507 e. The fourth-order valence-electron chi connectivity index (χ4n) is 3.54. The largest absolute Gasteiger partial charge is 0.507 e. The van der Waals surface area contributed by atoms with Gasteiger partial charge in [0.15, 0.2) is 0 Å². The van der Waals surface area contributed by atoms with Crippen molar-refractivity contribution in [2.75, 3.05) is 20.1 Å². The number of benzene rings is 1. The van der Waals surface area contributed by atoms with Crippen LogP contribution >= 0.6 is 11.8 Å². The highest BCUT2D eigenvalue weighted by Gasteiger charge is 2.31. The van der Waals surface area contributed by atoms with E-state index in [0.29, 0.717) is 22.4 Å². The smallest absolute Gasteiger partial charge is 0.416 e. The second kappa shape index (κ2) is 7.79. The minimum absolute atomic E-state index is 0.192. The first-order chi connectivity index (χ1) is 13.8. The van der Waals surface area contributed by atoms with Gasteiger partial charge in [-0.3, -0.25) is 4.98 Å². The number of phenolic OH excluding ortho intramolecular Hbond substituents is 1. The van der Waals surface area contributed by atoms with E-state index in [0.717, 1.165) is 42.4 Å². The molecule has 1 atom stereocenters. The Balaban J connectivity index is 1.74. The van der Waals surface area contributed by atoms with Crippen LogP contribution in [0, 0.1) is 0 Å². The van der Waals surface area contributed by atoms with E-state index in [4.69, 9.17) is 0 Å². The Labute approximate surface area is 170 Å². The molecule has 0 amide bonds. The van der Waals surface area contributed by atoms with Crippen LogP contribution in [0.4, 0.5) is 13.2 Å². The molecule has 1 N–H and O–H groups in total. The SMILES string of the molecule is CN1CCC[C@@H](Sc2nnc(-c3ccc(C(F)(F)F)cc3O)c3cnccc23)C1. The average molecular weight is 420 g/mol. The summed E-state index contributed by atoms with van der Waals surface area (Å²) in [7, 11) is 2.09. The van der Waals surface area contributed by atoms with Crippen molar-refractivity contribution in [2.24, 2.45) is 0 Å². The zero-order valence-corrected chi connectivity index (χ0v) is 16.5. The molecule has 1 aliphatic heterocycles. The maximum atomic E-state index is 12.9. The van der Waals surface area contributed by atoms with E-state index < -0.39 is 17.5 Å². The monoisotopic (exact) mass is 420 g/mol. The van der Waals surface area contributed by atoms with Crippen molar-refractivity contribution in [3.63, 3.8) is 0 Å². The van der Waals surface area contributed by atoms with Crippen LogP contribution < -0.4 is 0 Å². The molecule has 1 aliphatic rings. The number of hydrogen-bond donors (Lipinski definition) is 1. The number of fused-ring (bicyclic) bond motifs is 1. The number of thioether (sulfide) groups is 1. The maximum Gasteiger partial charge on any atom is 0.416 e. The van der Waals surface area contributed by atoms with Crippen molar-refractivity contribution in [1.29, 1.82) is 0 Å². The molecule has 29 heavy (non-hydrogen) atoms. The Morgan fingerprint density at radius 1 is 1.17 bits per heavy atom. The third-order valence-corrected chi connectivity index (χ3v) is 6.23. The van der Waals surface area contributed by atoms with Gasteiger partial charge >= 0.3 is 6.18 Å². The van der Waals surface area contributed by atoms with E-state index in [1.54, 1.807) is 24.2 Å². The number of nitrogens with zero attached hydrogens (tertiary/aromatic N) is 4. The summed E-state index contributed by atoms with van der Waals surface area (Å²) in [5.74, 6) is -0.492. The van der Waals surface area contributed by atoms with Gasteiger partial charge in [0.2, 0.25) is 0 Å². The van der Waals surface area contributed by atoms with Gasteiger partial charge in [-0.1, -0.05) is 11.8 Å². The number of alkyl halides is 3. The van der Waals surface area contributed by atoms with E-state index >= 15 is 0 Å². The van der Waals surface area contributed by atoms with Crippen molar-refractivity contribution in [3.8, 4) is 17.0 Å². The third kappa shape index (κ3) is 4.16. The van der Waals surface area contributed by atoms with Crippen molar-refractivity contribution in [1.82, 2.24) is 20.1 Å². The summed E-state index contributed by atoms with van der Waals surface area (Å²) in [4.78, 5) is 6.42. The summed E-state index contributed by atoms with van der Waals surface area (Å²) in [6, 6.07) is 4.68. The number of phenols is 1. The number of aromatic hydroxyl groups is 1.